The molecule has 3 nitrogen and oxygen atoms in total. The summed E-state index contributed by atoms with van der Waals surface area (Å²) >= 11 is 0. The van der Waals surface area contributed by atoms with Crippen molar-refractivity contribution in [3.05, 3.63) is 95.1 Å². The molecule has 0 aliphatic heterocycles. The third-order valence-corrected chi connectivity index (χ3v) is 4.55. The van der Waals surface area contributed by atoms with Gasteiger partial charge in [-0.05, 0) is 49.7 Å². The fourth-order valence-corrected chi connectivity index (χ4v) is 2.89. The predicted molar refractivity (Wildman–Crippen MR) is 117 cm³/mol. The summed E-state index contributed by atoms with van der Waals surface area (Å²) < 4.78 is 0. The van der Waals surface area contributed by atoms with Crippen molar-refractivity contribution < 1.29 is 4.79 Å². The number of carbonyl (C=O) groups is 1. The highest BCUT2D eigenvalue weighted by Gasteiger charge is 2.13. The molecule has 0 radical (unpaired) electrons. The maximum atomic E-state index is 12.8. The van der Waals surface area contributed by atoms with Crippen molar-refractivity contribution in [1.29, 1.82) is 0 Å². The zero-order valence-electron chi connectivity index (χ0n) is 16.5. The van der Waals surface area contributed by atoms with Gasteiger partial charge in [0.25, 0.3) is 5.91 Å². The number of anilines is 2. The molecule has 0 fully saturated rings. The van der Waals surface area contributed by atoms with Crippen LogP contribution in [0.1, 0.15) is 27.0 Å². The van der Waals surface area contributed by atoms with E-state index in [-0.39, 0.29) is 5.91 Å². The van der Waals surface area contributed by atoms with E-state index in [2.05, 4.69) is 30.1 Å². The number of amides is 1. The molecule has 1 N–H and O–H groups in total. The van der Waals surface area contributed by atoms with Crippen molar-refractivity contribution in [3.63, 3.8) is 0 Å². The van der Waals surface area contributed by atoms with Crippen LogP contribution >= 0.6 is 0 Å². The number of hydrogen-bond donors (Lipinski definition) is 1. The lowest BCUT2D eigenvalue weighted by molar-refractivity contribution is 0.102. The molecule has 0 unspecified atom stereocenters. The highest BCUT2D eigenvalue weighted by atomic mass is 16.1. The fraction of sp³-hybridized carbons (Fsp3) is 0.160. The van der Waals surface area contributed by atoms with E-state index in [1.165, 1.54) is 0 Å². The lowest BCUT2D eigenvalue weighted by Gasteiger charge is -2.19. The van der Waals surface area contributed by atoms with Gasteiger partial charge in [0, 0.05) is 18.3 Å². The minimum Gasteiger partial charge on any atom is -0.363 e. The first-order chi connectivity index (χ1) is 13.5. The second kappa shape index (κ2) is 8.92. The van der Waals surface area contributed by atoms with Gasteiger partial charge in [-0.3, -0.25) is 4.79 Å². The Morgan fingerprint density at radius 2 is 1.61 bits per heavy atom. The Hall–Kier alpha value is -3.51. The van der Waals surface area contributed by atoms with E-state index >= 15 is 0 Å². The molecule has 0 atom stereocenters. The number of para-hydroxylation sites is 1. The van der Waals surface area contributed by atoms with Crippen LogP contribution in [-0.4, -0.2) is 19.5 Å². The molecule has 0 aromatic heterocycles. The Balaban J connectivity index is 1.75. The molecule has 0 spiro atoms. The van der Waals surface area contributed by atoms with Gasteiger partial charge in [0.05, 0.1) is 17.8 Å². The van der Waals surface area contributed by atoms with Gasteiger partial charge in [-0.2, -0.15) is 0 Å². The summed E-state index contributed by atoms with van der Waals surface area (Å²) in [4.78, 5) is 14.8. The summed E-state index contributed by atoms with van der Waals surface area (Å²) in [6.45, 7) is 4.61. The van der Waals surface area contributed by atoms with Gasteiger partial charge < -0.3 is 10.2 Å². The predicted octanol–water partition coefficient (Wildman–Crippen LogP) is 5.04. The molecule has 0 saturated carbocycles. The van der Waals surface area contributed by atoms with E-state index in [0.29, 0.717) is 12.1 Å². The lowest BCUT2D eigenvalue weighted by Crippen LogP contribution is -2.22. The number of benzene rings is 3. The molecule has 0 heterocycles. The molecule has 3 aromatic rings. The largest absolute Gasteiger partial charge is 0.363 e. The van der Waals surface area contributed by atoms with Crippen LogP contribution in [0.25, 0.3) is 0 Å². The number of nitrogens with zero attached hydrogens (tertiary/aromatic N) is 1. The zero-order valence-corrected chi connectivity index (χ0v) is 16.5. The molecular formula is C25H24N2O. The van der Waals surface area contributed by atoms with E-state index in [1.54, 1.807) is 0 Å². The number of aryl methyl sites for hydroxylation is 2. The average Bonchev–Trinajstić information content (AvgIpc) is 2.71. The van der Waals surface area contributed by atoms with Gasteiger partial charge in [0.1, 0.15) is 0 Å². The fourth-order valence-electron chi connectivity index (χ4n) is 2.89. The van der Waals surface area contributed by atoms with E-state index in [0.717, 1.165) is 28.1 Å². The van der Waals surface area contributed by atoms with Gasteiger partial charge >= 0.3 is 0 Å². The molecule has 3 rings (SSSR count). The Bertz CT molecular complexity index is 1030. The second-order valence-electron chi connectivity index (χ2n) is 6.81. The summed E-state index contributed by atoms with van der Waals surface area (Å²) in [5, 5.41) is 2.97. The monoisotopic (exact) mass is 368 g/mol. The quantitative estimate of drug-likeness (QED) is 0.654. The van der Waals surface area contributed by atoms with Gasteiger partial charge in [0.2, 0.25) is 0 Å². The SMILES string of the molecule is Cc1ccc(NC(=O)c2ccccc2N(C)CC#Cc2ccccc2C)cc1. The lowest BCUT2D eigenvalue weighted by atomic mass is 10.1. The first kappa shape index (κ1) is 19.3. The third kappa shape index (κ3) is 4.81. The van der Waals surface area contributed by atoms with E-state index in [9.17, 15) is 4.79 Å². The molecule has 0 saturated heterocycles. The Labute approximate surface area is 167 Å². The normalized spacial score (nSPS) is 9.96. The van der Waals surface area contributed by atoms with Gasteiger partial charge in [-0.1, -0.05) is 59.9 Å². The van der Waals surface area contributed by atoms with Gasteiger partial charge in [-0.15, -0.1) is 0 Å². The summed E-state index contributed by atoms with van der Waals surface area (Å²) in [6, 6.07) is 23.4. The topological polar surface area (TPSA) is 32.3 Å². The van der Waals surface area contributed by atoms with Crippen LogP contribution in [0, 0.1) is 25.7 Å². The number of rotatable bonds is 4. The maximum Gasteiger partial charge on any atom is 0.257 e. The minimum atomic E-state index is -0.127. The molecule has 3 heteroatoms. The van der Waals surface area contributed by atoms with Crippen molar-refractivity contribution >= 4 is 17.3 Å². The van der Waals surface area contributed by atoms with E-state index < -0.39 is 0 Å². The van der Waals surface area contributed by atoms with Crippen LogP contribution in [0.2, 0.25) is 0 Å². The van der Waals surface area contributed by atoms with Crippen LogP contribution in [0.15, 0.2) is 72.8 Å². The molecule has 28 heavy (non-hydrogen) atoms. The molecular weight excluding hydrogens is 344 g/mol. The molecule has 0 aliphatic rings. The minimum absolute atomic E-state index is 0.127. The van der Waals surface area contributed by atoms with Gasteiger partial charge in [0.15, 0.2) is 0 Å². The first-order valence-corrected chi connectivity index (χ1v) is 9.27. The molecule has 140 valence electrons. The number of carbonyl (C=O) groups excluding carboxylic acids is 1. The van der Waals surface area contributed by atoms with Crippen molar-refractivity contribution in [2.75, 3.05) is 23.8 Å². The Morgan fingerprint density at radius 1 is 0.929 bits per heavy atom. The molecule has 3 aromatic carbocycles. The van der Waals surface area contributed by atoms with Crippen molar-refractivity contribution in [2.24, 2.45) is 0 Å². The third-order valence-electron chi connectivity index (χ3n) is 4.55. The standard InChI is InChI=1S/C25H24N2O/c1-19-14-16-22(17-15-19)26-25(28)23-12-6-7-13-24(23)27(3)18-8-11-21-10-5-4-9-20(21)2/h4-7,9-10,12-17H,18H2,1-3H3,(H,26,28). The van der Waals surface area contributed by atoms with Crippen molar-refractivity contribution in [3.8, 4) is 11.8 Å². The number of nitrogens with one attached hydrogen (secondary N) is 1. The molecule has 1 amide bonds. The Morgan fingerprint density at radius 3 is 2.36 bits per heavy atom. The first-order valence-electron chi connectivity index (χ1n) is 9.27. The van der Waals surface area contributed by atoms with Crippen LogP contribution in [0.4, 0.5) is 11.4 Å². The van der Waals surface area contributed by atoms with Crippen LogP contribution in [0.5, 0.6) is 0 Å². The van der Waals surface area contributed by atoms with Crippen LogP contribution < -0.4 is 10.2 Å². The van der Waals surface area contributed by atoms with Crippen molar-refractivity contribution in [2.45, 2.75) is 13.8 Å². The molecule has 0 bridgehead atoms. The summed E-state index contributed by atoms with van der Waals surface area (Å²) in [5.74, 6) is 6.30. The average molecular weight is 368 g/mol. The summed E-state index contributed by atoms with van der Waals surface area (Å²) in [5.41, 5.74) is 5.61. The second-order valence-corrected chi connectivity index (χ2v) is 6.81. The Kier molecular flexibility index (Phi) is 6.14. The molecule has 0 aliphatic carbocycles. The van der Waals surface area contributed by atoms with E-state index in [4.69, 9.17) is 0 Å². The number of hydrogen-bond acceptors (Lipinski definition) is 2. The van der Waals surface area contributed by atoms with Gasteiger partial charge in [-0.25, -0.2) is 0 Å². The van der Waals surface area contributed by atoms with E-state index in [1.807, 2.05) is 85.6 Å². The van der Waals surface area contributed by atoms with Crippen LogP contribution in [0.3, 0.4) is 0 Å². The summed E-state index contributed by atoms with van der Waals surface area (Å²) in [6.07, 6.45) is 0. The van der Waals surface area contributed by atoms with Crippen molar-refractivity contribution in [1.82, 2.24) is 0 Å². The highest BCUT2D eigenvalue weighted by molar-refractivity contribution is 6.08. The maximum absolute atomic E-state index is 12.8. The zero-order chi connectivity index (χ0) is 19.9. The summed E-state index contributed by atoms with van der Waals surface area (Å²) in [7, 11) is 1.95. The smallest absolute Gasteiger partial charge is 0.257 e. The van der Waals surface area contributed by atoms with Crippen LogP contribution in [-0.2, 0) is 0 Å². The highest BCUT2D eigenvalue weighted by Crippen LogP contribution is 2.21.